The van der Waals surface area contributed by atoms with Crippen molar-refractivity contribution in [3.63, 3.8) is 0 Å². The summed E-state index contributed by atoms with van der Waals surface area (Å²) in [5, 5.41) is 0. The molecular formula is C20H28O. The van der Waals surface area contributed by atoms with Gasteiger partial charge in [0.15, 0.2) is 0 Å². The zero-order valence-electron chi connectivity index (χ0n) is 13.3. The fraction of sp³-hybridized carbons (Fsp3) is 0.500. The van der Waals surface area contributed by atoms with Gasteiger partial charge in [-0.25, -0.2) is 0 Å². The van der Waals surface area contributed by atoms with Crippen molar-refractivity contribution in [3.05, 3.63) is 60.2 Å². The standard InChI is InChI=1S/C20H28O/c1-3-5-6-15-21-16-18-9-13-20(14-10-18)19-11-7-17(4-2)8-12-19/h4-6,9-10,13-14,17,19H,2-3,7-8,11-12,15-16H2,1H3/t17-,19-. The highest BCUT2D eigenvalue weighted by Crippen LogP contribution is 2.36. The van der Waals surface area contributed by atoms with Crippen LogP contribution in [0.4, 0.5) is 0 Å². The Labute approximate surface area is 129 Å². The van der Waals surface area contributed by atoms with Crippen LogP contribution in [-0.4, -0.2) is 6.61 Å². The Hall–Kier alpha value is -1.34. The molecule has 21 heavy (non-hydrogen) atoms. The molecule has 0 aliphatic heterocycles. The first-order chi connectivity index (χ1) is 10.3. The summed E-state index contributed by atoms with van der Waals surface area (Å²) >= 11 is 0. The number of ether oxygens (including phenoxy) is 1. The predicted molar refractivity (Wildman–Crippen MR) is 90.4 cm³/mol. The number of rotatable bonds is 7. The first-order valence-corrected chi connectivity index (χ1v) is 8.27. The zero-order valence-corrected chi connectivity index (χ0v) is 13.3. The smallest absolute Gasteiger partial charge is 0.0721 e. The second-order valence-corrected chi connectivity index (χ2v) is 5.98. The van der Waals surface area contributed by atoms with Crippen LogP contribution in [-0.2, 0) is 11.3 Å². The summed E-state index contributed by atoms with van der Waals surface area (Å²) in [6.07, 6.45) is 12.6. The largest absolute Gasteiger partial charge is 0.373 e. The molecule has 1 aromatic rings. The van der Waals surface area contributed by atoms with Gasteiger partial charge in [-0.05, 0) is 55.1 Å². The molecule has 0 atom stereocenters. The molecule has 2 rings (SSSR count). The molecule has 0 radical (unpaired) electrons. The maximum Gasteiger partial charge on any atom is 0.0721 e. The van der Waals surface area contributed by atoms with Crippen molar-refractivity contribution in [2.45, 2.75) is 51.6 Å². The molecule has 1 aromatic carbocycles. The van der Waals surface area contributed by atoms with Crippen LogP contribution in [0.2, 0.25) is 0 Å². The molecule has 1 heteroatoms. The Morgan fingerprint density at radius 1 is 1.10 bits per heavy atom. The molecule has 0 N–H and O–H groups in total. The fourth-order valence-corrected chi connectivity index (χ4v) is 3.05. The number of hydrogen-bond donors (Lipinski definition) is 0. The summed E-state index contributed by atoms with van der Waals surface area (Å²) in [6.45, 7) is 7.47. The number of hydrogen-bond acceptors (Lipinski definition) is 1. The average Bonchev–Trinajstić information content (AvgIpc) is 2.55. The second-order valence-electron chi connectivity index (χ2n) is 5.98. The van der Waals surface area contributed by atoms with Crippen LogP contribution in [0, 0.1) is 5.92 Å². The van der Waals surface area contributed by atoms with Gasteiger partial charge in [0, 0.05) is 0 Å². The van der Waals surface area contributed by atoms with Gasteiger partial charge in [-0.15, -0.1) is 6.58 Å². The molecule has 0 spiro atoms. The Balaban J connectivity index is 1.79. The fourth-order valence-electron chi connectivity index (χ4n) is 3.05. The predicted octanol–water partition coefficient (Wildman–Crippen LogP) is 5.63. The lowest BCUT2D eigenvalue weighted by Gasteiger charge is -2.27. The molecule has 1 aliphatic rings. The van der Waals surface area contributed by atoms with Crippen LogP contribution in [0.25, 0.3) is 0 Å². The minimum atomic E-state index is 0.706. The Morgan fingerprint density at radius 2 is 1.81 bits per heavy atom. The minimum absolute atomic E-state index is 0.706. The number of allylic oxidation sites excluding steroid dienone is 2. The highest BCUT2D eigenvalue weighted by Gasteiger charge is 2.20. The molecule has 0 bridgehead atoms. The Kier molecular flexibility index (Phi) is 6.75. The molecule has 114 valence electrons. The van der Waals surface area contributed by atoms with Crippen LogP contribution in [0.5, 0.6) is 0 Å². The van der Waals surface area contributed by atoms with E-state index in [4.69, 9.17) is 4.74 Å². The van der Waals surface area contributed by atoms with E-state index in [-0.39, 0.29) is 0 Å². The van der Waals surface area contributed by atoms with Gasteiger partial charge in [-0.2, -0.15) is 0 Å². The highest BCUT2D eigenvalue weighted by atomic mass is 16.5. The molecular weight excluding hydrogens is 256 g/mol. The van der Waals surface area contributed by atoms with Gasteiger partial charge in [0.1, 0.15) is 0 Å². The summed E-state index contributed by atoms with van der Waals surface area (Å²) in [5.74, 6) is 1.48. The van der Waals surface area contributed by atoms with Crippen LogP contribution >= 0.6 is 0 Å². The van der Waals surface area contributed by atoms with Crippen molar-refractivity contribution in [1.82, 2.24) is 0 Å². The third-order valence-corrected chi connectivity index (χ3v) is 4.44. The van der Waals surface area contributed by atoms with E-state index in [1.165, 1.54) is 36.8 Å². The van der Waals surface area contributed by atoms with Crippen LogP contribution in [0.1, 0.15) is 56.1 Å². The summed E-state index contributed by atoms with van der Waals surface area (Å²) < 4.78 is 5.64. The molecule has 0 aromatic heterocycles. The third-order valence-electron chi connectivity index (χ3n) is 4.44. The quantitative estimate of drug-likeness (QED) is 0.466. The molecule has 0 saturated heterocycles. The second kappa shape index (κ2) is 8.84. The summed E-state index contributed by atoms with van der Waals surface area (Å²) in [5.41, 5.74) is 2.76. The van der Waals surface area contributed by atoms with Gasteiger partial charge < -0.3 is 4.74 Å². The van der Waals surface area contributed by atoms with Gasteiger partial charge >= 0.3 is 0 Å². The van der Waals surface area contributed by atoms with Crippen LogP contribution in [0.15, 0.2) is 49.1 Å². The lowest BCUT2D eigenvalue weighted by Crippen LogP contribution is -2.11. The molecule has 0 unspecified atom stereocenters. The maximum atomic E-state index is 5.64. The van der Waals surface area contributed by atoms with Crippen molar-refractivity contribution in [2.75, 3.05) is 6.61 Å². The van der Waals surface area contributed by atoms with Gasteiger partial charge in [-0.3, -0.25) is 0 Å². The summed E-state index contributed by atoms with van der Waals surface area (Å²) in [6, 6.07) is 9.02. The lowest BCUT2D eigenvalue weighted by molar-refractivity contribution is 0.148. The summed E-state index contributed by atoms with van der Waals surface area (Å²) in [7, 11) is 0. The van der Waals surface area contributed by atoms with Crippen molar-refractivity contribution in [2.24, 2.45) is 5.92 Å². The maximum absolute atomic E-state index is 5.64. The minimum Gasteiger partial charge on any atom is -0.373 e. The van der Waals surface area contributed by atoms with E-state index in [1.807, 2.05) is 0 Å². The normalized spacial score (nSPS) is 22.5. The number of benzene rings is 1. The molecule has 1 nitrogen and oxygen atoms in total. The van der Waals surface area contributed by atoms with Crippen LogP contribution < -0.4 is 0 Å². The van der Waals surface area contributed by atoms with Crippen molar-refractivity contribution < 1.29 is 4.74 Å². The topological polar surface area (TPSA) is 9.23 Å². The molecule has 1 fully saturated rings. The Bertz CT molecular complexity index is 435. The van der Waals surface area contributed by atoms with Gasteiger partial charge in [0.05, 0.1) is 13.2 Å². The SMILES string of the molecule is C=C[C@H]1CC[C@H](c2ccc(COCC=CCC)cc2)CC1. The van der Waals surface area contributed by atoms with E-state index in [0.717, 1.165) is 18.3 Å². The molecule has 0 heterocycles. The zero-order chi connectivity index (χ0) is 14.9. The van der Waals surface area contributed by atoms with E-state index in [2.05, 4.69) is 56.0 Å². The average molecular weight is 284 g/mol. The monoisotopic (exact) mass is 284 g/mol. The molecule has 1 saturated carbocycles. The van der Waals surface area contributed by atoms with E-state index in [1.54, 1.807) is 0 Å². The summed E-state index contributed by atoms with van der Waals surface area (Å²) in [4.78, 5) is 0. The first kappa shape index (κ1) is 16.0. The first-order valence-electron chi connectivity index (χ1n) is 8.27. The third kappa shape index (κ3) is 5.17. The highest BCUT2D eigenvalue weighted by molar-refractivity contribution is 5.25. The van der Waals surface area contributed by atoms with E-state index >= 15 is 0 Å². The van der Waals surface area contributed by atoms with Gasteiger partial charge in [-0.1, -0.05) is 49.4 Å². The van der Waals surface area contributed by atoms with Crippen LogP contribution in [0.3, 0.4) is 0 Å². The Morgan fingerprint density at radius 3 is 2.43 bits per heavy atom. The molecule has 1 aliphatic carbocycles. The van der Waals surface area contributed by atoms with E-state index in [0.29, 0.717) is 13.2 Å². The van der Waals surface area contributed by atoms with Gasteiger partial charge in [0.2, 0.25) is 0 Å². The lowest BCUT2D eigenvalue weighted by atomic mass is 9.79. The van der Waals surface area contributed by atoms with E-state index < -0.39 is 0 Å². The molecule has 0 amide bonds. The van der Waals surface area contributed by atoms with Crippen molar-refractivity contribution in [1.29, 1.82) is 0 Å². The van der Waals surface area contributed by atoms with Gasteiger partial charge in [0.25, 0.3) is 0 Å². The van der Waals surface area contributed by atoms with Crippen molar-refractivity contribution in [3.8, 4) is 0 Å². The van der Waals surface area contributed by atoms with Crippen molar-refractivity contribution >= 4 is 0 Å². The van der Waals surface area contributed by atoms with E-state index in [9.17, 15) is 0 Å².